The maximum Gasteiger partial charge on any atom is 0.421 e. The fraction of sp³-hybridized carbons (Fsp3) is 0.261. The molecule has 208 valence electrons. The predicted molar refractivity (Wildman–Crippen MR) is 133 cm³/mol. The second-order valence-corrected chi connectivity index (χ2v) is 10.5. The topological polar surface area (TPSA) is 149 Å². The van der Waals surface area contributed by atoms with Crippen molar-refractivity contribution in [3.8, 4) is 11.5 Å². The zero-order valence-corrected chi connectivity index (χ0v) is 21.8. The summed E-state index contributed by atoms with van der Waals surface area (Å²) in [5.41, 5.74) is -7.48. The summed E-state index contributed by atoms with van der Waals surface area (Å²) in [5.74, 6) is -1.92. The third kappa shape index (κ3) is 4.88. The molecule has 0 saturated heterocycles. The van der Waals surface area contributed by atoms with Crippen molar-refractivity contribution in [2.45, 2.75) is 29.6 Å². The Kier molecular flexibility index (Phi) is 7.27. The van der Waals surface area contributed by atoms with Gasteiger partial charge >= 0.3 is 11.9 Å². The molecule has 3 N–H and O–H groups in total. The average Bonchev–Trinajstić information content (AvgIpc) is 3.16. The Balaban J connectivity index is 1.82. The Morgan fingerprint density at radius 1 is 1.03 bits per heavy atom. The van der Waals surface area contributed by atoms with Gasteiger partial charge in [0.1, 0.15) is 5.82 Å². The summed E-state index contributed by atoms with van der Waals surface area (Å²) in [6.07, 6.45) is -5.59. The van der Waals surface area contributed by atoms with Gasteiger partial charge in [-0.05, 0) is 48.4 Å². The molecule has 1 aliphatic rings. The Hall–Kier alpha value is -3.82. The molecule has 0 bridgehead atoms. The lowest BCUT2D eigenvalue weighted by atomic mass is 9.93. The number of benzene rings is 2. The molecule has 0 spiro atoms. The van der Waals surface area contributed by atoms with Crippen LogP contribution in [-0.4, -0.2) is 44.3 Å². The number of sulfonamides is 1. The monoisotopic (exact) mass is 588 g/mol. The van der Waals surface area contributed by atoms with Gasteiger partial charge in [-0.3, -0.25) is 19.1 Å². The number of hydrogen-bond acceptors (Lipinski definition) is 7. The van der Waals surface area contributed by atoms with Crippen LogP contribution in [0.25, 0.3) is 0 Å². The first-order valence-corrected chi connectivity index (χ1v) is 12.9. The molecular weight excluding hydrogens is 569 g/mol. The van der Waals surface area contributed by atoms with E-state index in [1.807, 2.05) is 5.32 Å². The SMILES string of the molecule is COc1ccc(CCn2c3c(c(=O)[nH]c2=O)[C@](NS(=O)(=O)c2ccc(Cl)cc2)(C(F)(F)F)C(=O)N3)cc1OC. The van der Waals surface area contributed by atoms with Gasteiger partial charge in [0.15, 0.2) is 11.5 Å². The van der Waals surface area contributed by atoms with Crippen molar-refractivity contribution in [1.82, 2.24) is 14.3 Å². The smallest absolute Gasteiger partial charge is 0.421 e. The van der Waals surface area contributed by atoms with Crippen molar-refractivity contribution in [1.29, 1.82) is 0 Å². The number of halogens is 4. The van der Waals surface area contributed by atoms with Crippen molar-refractivity contribution < 1.29 is 35.9 Å². The van der Waals surface area contributed by atoms with Gasteiger partial charge in [-0.15, -0.1) is 0 Å². The molecule has 39 heavy (non-hydrogen) atoms. The molecule has 2 heterocycles. The largest absolute Gasteiger partial charge is 0.493 e. The van der Waals surface area contributed by atoms with E-state index in [1.54, 1.807) is 23.2 Å². The first-order chi connectivity index (χ1) is 18.2. The number of ether oxygens (including phenoxy) is 2. The van der Waals surface area contributed by atoms with Crippen LogP contribution in [-0.2, 0) is 33.3 Å². The maximum atomic E-state index is 14.6. The highest BCUT2D eigenvalue weighted by Gasteiger charge is 2.69. The van der Waals surface area contributed by atoms with E-state index >= 15 is 0 Å². The second kappa shape index (κ2) is 10.1. The molecule has 0 unspecified atom stereocenters. The van der Waals surface area contributed by atoms with Crippen molar-refractivity contribution in [3.05, 3.63) is 79.5 Å². The van der Waals surface area contributed by atoms with E-state index in [9.17, 15) is 36.0 Å². The van der Waals surface area contributed by atoms with E-state index in [4.69, 9.17) is 21.1 Å². The third-order valence-electron chi connectivity index (χ3n) is 6.06. The minimum Gasteiger partial charge on any atom is -0.493 e. The lowest BCUT2D eigenvalue weighted by molar-refractivity contribution is -0.194. The van der Waals surface area contributed by atoms with Gasteiger partial charge in [0.2, 0.25) is 15.6 Å². The highest BCUT2D eigenvalue weighted by Crippen LogP contribution is 2.46. The van der Waals surface area contributed by atoms with E-state index in [2.05, 4.69) is 0 Å². The predicted octanol–water partition coefficient (Wildman–Crippen LogP) is 2.14. The molecule has 1 atom stereocenters. The number of methoxy groups -OCH3 is 2. The van der Waals surface area contributed by atoms with Crippen molar-refractivity contribution in [2.24, 2.45) is 0 Å². The zero-order valence-electron chi connectivity index (χ0n) is 20.2. The molecule has 2 aromatic carbocycles. The molecule has 0 fully saturated rings. The third-order valence-corrected chi connectivity index (χ3v) is 7.78. The molecule has 1 aromatic heterocycles. The summed E-state index contributed by atoms with van der Waals surface area (Å²) in [6, 6.07) is 8.88. The number of rotatable bonds is 8. The Bertz CT molecular complexity index is 1670. The first kappa shape index (κ1) is 28.2. The van der Waals surface area contributed by atoms with Crippen LogP contribution in [0, 0.1) is 0 Å². The van der Waals surface area contributed by atoms with E-state index in [0.29, 0.717) is 17.1 Å². The van der Waals surface area contributed by atoms with Crippen LogP contribution in [0.2, 0.25) is 5.02 Å². The molecule has 3 aromatic rings. The Morgan fingerprint density at radius 3 is 2.26 bits per heavy atom. The van der Waals surface area contributed by atoms with Crippen molar-refractivity contribution in [2.75, 3.05) is 19.5 Å². The van der Waals surface area contributed by atoms with Crippen LogP contribution < -0.4 is 30.8 Å². The van der Waals surface area contributed by atoms with Gasteiger partial charge in [-0.2, -0.15) is 17.9 Å². The fourth-order valence-corrected chi connectivity index (χ4v) is 5.61. The highest BCUT2D eigenvalue weighted by molar-refractivity contribution is 7.89. The normalized spacial score (nSPS) is 17.0. The summed E-state index contributed by atoms with van der Waals surface area (Å²) in [7, 11) is -2.21. The number of fused-ring (bicyclic) bond motifs is 1. The van der Waals surface area contributed by atoms with Crippen LogP contribution in [0.1, 0.15) is 11.1 Å². The lowest BCUT2D eigenvalue weighted by Crippen LogP contribution is -2.61. The number of alkyl halides is 3. The molecule has 0 aliphatic carbocycles. The van der Waals surface area contributed by atoms with E-state index in [-0.39, 0.29) is 18.0 Å². The number of carbonyl (C=O) groups excluding carboxylic acids is 1. The number of carbonyl (C=O) groups is 1. The number of nitrogens with one attached hydrogen (secondary N) is 3. The fourth-order valence-electron chi connectivity index (χ4n) is 4.15. The Morgan fingerprint density at radius 2 is 1.67 bits per heavy atom. The van der Waals surface area contributed by atoms with Crippen LogP contribution in [0.5, 0.6) is 11.5 Å². The second-order valence-electron chi connectivity index (χ2n) is 8.34. The van der Waals surface area contributed by atoms with Gasteiger partial charge in [-0.25, -0.2) is 13.2 Å². The molecule has 4 rings (SSSR count). The summed E-state index contributed by atoms with van der Waals surface area (Å²) >= 11 is 5.73. The summed E-state index contributed by atoms with van der Waals surface area (Å²) in [6.45, 7) is -0.300. The number of nitrogens with zero attached hydrogens (tertiary/aromatic N) is 1. The van der Waals surface area contributed by atoms with Crippen LogP contribution in [0.4, 0.5) is 19.0 Å². The molecule has 1 amide bonds. The maximum absolute atomic E-state index is 14.6. The zero-order chi connectivity index (χ0) is 28.8. The minimum atomic E-state index is -5.64. The average molecular weight is 589 g/mol. The van der Waals surface area contributed by atoms with Crippen LogP contribution in [0.15, 0.2) is 56.9 Å². The lowest BCUT2D eigenvalue weighted by Gasteiger charge is -2.29. The van der Waals surface area contributed by atoms with Crippen molar-refractivity contribution >= 4 is 33.3 Å². The van der Waals surface area contributed by atoms with E-state index in [1.165, 1.54) is 18.9 Å². The van der Waals surface area contributed by atoms with Gasteiger partial charge < -0.3 is 14.8 Å². The summed E-state index contributed by atoms with van der Waals surface area (Å²) in [5, 5.41) is 2.01. The number of amides is 1. The Labute approximate surface area is 223 Å². The molecular formula is C23H20ClF3N4O7S. The van der Waals surface area contributed by atoms with Gasteiger partial charge in [0, 0.05) is 11.6 Å². The molecule has 1 aliphatic heterocycles. The summed E-state index contributed by atoms with van der Waals surface area (Å²) < 4.78 is 82.2. The molecule has 11 nitrogen and oxygen atoms in total. The number of aromatic amines is 1. The van der Waals surface area contributed by atoms with E-state index in [0.717, 1.165) is 28.8 Å². The number of anilines is 1. The number of H-pyrrole nitrogens is 1. The quantitative estimate of drug-likeness (QED) is 0.365. The molecule has 0 radical (unpaired) electrons. The summed E-state index contributed by atoms with van der Waals surface area (Å²) in [4.78, 5) is 39.4. The van der Waals surface area contributed by atoms with Crippen molar-refractivity contribution in [3.63, 3.8) is 0 Å². The van der Waals surface area contributed by atoms with Crippen LogP contribution >= 0.6 is 11.6 Å². The van der Waals surface area contributed by atoms with E-state index < -0.39 is 55.2 Å². The van der Waals surface area contributed by atoms with Gasteiger partial charge in [-0.1, -0.05) is 17.7 Å². The molecule has 16 heteroatoms. The minimum absolute atomic E-state index is 0.0458. The standard InChI is InChI=1S/C23H20ClF3N4O7S/c1-37-15-8-3-12(11-16(15)38-2)9-10-31-18-17(19(32)29-21(31)34)22(20(33)28-18,23(25,26)27)30-39(35,36)14-6-4-13(24)5-7-14/h3-8,11,30H,9-10H2,1-2H3,(H,28,33)(H,29,32,34)/t22-/m1/s1. The number of aryl methyl sites for hydroxylation is 1. The number of aromatic nitrogens is 2. The highest BCUT2D eigenvalue weighted by atomic mass is 35.5. The first-order valence-electron chi connectivity index (χ1n) is 11.0. The number of hydrogen-bond donors (Lipinski definition) is 3. The van der Waals surface area contributed by atoms with Crippen LogP contribution in [0.3, 0.4) is 0 Å². The van der Waals surface area contributed by atoms with Gasteiger partial charge in [0.25, 0.3) is 11.5 Å². The van der Waals surface area contributed by atoms with Gasteiger partial charge in [0.05, 0.1) is 24.7 Å². The molecule has 0 saturated carbocycles.